The summed E-state index contributed by atoms with van der Waals surface area (Å²) in [6.07, 6.45) is 5.86. The van der Waals surface area contributed by atoms with E-state index in [4.69, 9.17) is 0 Å². The van der Waals surface area contributed by atoms with Gasteiger partial charge in [0.15, 0.2) is 0 Å². The molecular weight excluding hydrogens is 378 g/mol. The third-order valence-electron chi connectivity index (χ3n) is 6.03. The van der Waals surface area contributed by atoms with Gasteiger partial charge in [0.05, 0.1) is 0 Å². The Morgan fingerprint density at radius 3 is 2.37 bits per heavy atom. The van der Waals surface area contributed by atoms with Crippen molar-refractivity contribution in [2.45, 2.75) is 37.8 Å². The number of carbonyl (C=O) groups excluding carboxylic acids is 2. The van der Waals surface area contributed by atoms with Crippen LogP contribution in [-0.2, 0) is 10.5 Å². The average Bonchev–Trinajstić information content (AvgIpc) is 2.93. The predicted molar refractivity (Wildman–Crippen MR) is 116 cm³/mol. The fourth-order valence-corrected chi connectivity index (χ4v) is 4.45. The summed E-state index contributed by atoms with van der Waals surface area (Å²) in [5.74, 6) is -0.945. The van der Waals surface area contributed by atoms with Gasteiger partial charge in [-0.05, 0) is 57.1 Å². The first-order chi connectivity index (χ1) is 14.6. The van der Waals surface area contributed by atoms with Crippen molar-refractivity contribution < 1.29 is 14.7 Å². The van der Waals surface area contributed by atoms with Crippen LogP contribution in [0.2, 0.25) is 0 Å². The number of nitrogens with one attached hydrogen (secondary N) is 1. The van der Waals surface area contributed by atoms with Crippen LogP contribution >= 0.6 is 0 Å². The molecule has 2 aromatic rings. The van der Waals surface area contributed by atoms with E-state index in [9.17, 15) is 14.7 Å². The maximum absolute atomic E-state index is 13.2. The van der Waals surface area contributed by atoms with E-state index in [1.807, 2.05) is 6.07 Å². The van der Waals surface area contributed by atoms with E-state index >= 15 is 0 Å². The highest BCUT2D eigenvalue weighted by Crippen LogP contribution is 2.40. The molecule has 2 aromatic carbocycles. The summed E-state index contributed by atoms with van der Waals surface area (Å²) in [5.41, 5.74) is -0.897. The topological polar surface area (TPSA) is 72.9 Å². The van der Waals surface area contributed by atoms with E-state index in [0.29, 0.717) is 23.4 Å². The highest BCUT2D eigenvalue weighted by atomic mass is 16.3. The molecule has 2 aliphatic heterocycles. The number of carbonyl (C=O) groups is 2. The number of likely N-dealkylation sites (tertiary alicyclic amines) is 1. The van der Waals surface area contributed by atoms with Gasteiger partial charge in [0, 0.05) is 23.4 Å². The minimum Gasteiger partial charge on any atom is -0.359 e. The first kappa shape index (κ1) is 20.6. The number of aliphatic hydroxyl groups is 1. The zero-order chi connectivity index (χ0) is 21.0. The zero-order valence-electron chi connectivity index (χ0n) is 17.2. The molecule has 4 rings (SSSR count). The number of para-hydroxylation sites is 1. The Kier molecular flexibility index (Phi) is 6.16. The van der Waals surface area contributed by atoms with Crippen molar-refractivity contribution in [2.75, 3.05) is 31.1 Å². The number of rotatable bonds is 6. The molecule has 1 saturated heterocycles. The first-order valence-electron chi connectivity index (χ1n) is 10.8. The summed E-state index contributed by atoms with van der Waals surface area (Å²) in [7, 11) is 0. The highest BCUT2D eigenvalue weighted by Gasteiger charge is 2.54. The minimum atomic E-state index is -2.06. The van der Waals surface area contributed by atoms with Crippen molar-refractivity contribution in [1.82, 2.24) is 10.2 Å². The number of hydrogen-bond acceptors (Lipinski definition) is 4. The van der Waals surface area contributed by atoms with Crippen molar-refractivity contribution in [3.8, 4) is 0 Å². The molecule has 2 aliphatic rings. The maximum Gasteiger partial charge on any atom is 0.278 e. The zero-order valence-corrected chi connectivity index (χ0v) is 17.2. The van der Waals surface area contributed by atoms with Crippen LogP contribution in [0.3, 0.4) is 0 Å². The fourth-order valence-electron chi connectivity index (χ4n) is 4.45. The molecule has 0 bridgehead atoms. The molecular formula is C24H29N3O3. The molecule has 0 saturated carbocycles. The largest absolute Gasteiger partial charge is 0.359 e. The molecule has 0 spiro atoms. The Labute approximate surface area is 177 Å². The number of fused-ring (bicyclic) bond motifs is 1. The summed E-state index contributed by atoms with van der Waals surface area (Å²) < 4.78 is 0. The highest BCUT2D eigenvalue weighted by molar-refractivity contribution is 6.17. The summed E-state index contributed by atoms with van der Waals surface area (Å²) >= 11 is 0. The van der Waals surface area contributed by atoms with E-state index in [-0.39, 0.29) is 5.91 Å². The maximum atomic E-state index is 13.2. The molecule has 0 aromatic heterocycles. The Morgan fingerprint density at radius 2 is 1.63 bits per heavy atom. The molecule has 6 nitrogen and oxygen atoms in total. The number of hydrogen-bond donors (Lipinski definition) is 2. The van der Waals surface area contributed by atoms with Gasteiger partial charge in [-0.1, -0.05) is 49.2 Å². The van der Waals surface area contributed by atoms with Crippen LogP contribution in [0.1, 0.15) is 48.0 Å². The Morgan fingerprint density at radius 1 is 0.967 bits per heavy atom. The van der Waals surface area contributed by atoms with Gasteiger partial charge < -0.3 is 15.3 Å². The lowest BCUT2D eigenvalue weighted by molar-refractivity contribution is -0.139. The van der Waals surface area contributed by atoms with Gasteiger partial charge in [0.2, 0.25) is 0 Å². The third kappa shape index (κ3) is 3.85. The number of amides is 2. The summed E-state index contributed by atoms with van der Waals surface area (Å²) in [5, 5.41) is 14.4. The van der Waals surface area contributed by atoms with Gasteiger partial charge in [-0.2, -0.15) is 0 Å². The molecule has 2 amide bonds. The standard InChI is InChI=1S/C24H29N3O3/c28-22-20-13-6-7-14-21(20)24(30,27(22)19-11-4-3-5-12-19)23(29)25-15-10-18-26-16-8-1-2-9-17-26/h3-7,11-14,30H,1-2,8-10,15-18H2,(H,25,29). The minimum absolute atomic E-state index is 0.323. The number of nitrogens with zero attached hydrogens (tertiary/aromatic N) is 2. The van der Waals surface area contributed by atoms with Crippen molar-refractivity contribution in [2.24, 2.45) is 0 Å². The van der Waals surface area contributed by atoms with Crippen LogP contribution in [0.4, 0.5) is 5.69 Å². The molecule has 2 N–H and O–H groups in total. The van der Waals surface area contributed by atoms with E-state index in [1.165, 1.54) is 30.6 Å². The van der Waals surface area contributed by atoms with E-state index in [0.717, 1.165) is 26.1 Å². The quantitative estimate of drug-likeness (QED) is 0.723. The first-order valence-corrected chi connectivity index (χ1v) is 10.8. The van der Waals surface area contributed by atoms with Gasteiger partial charge >= 0.3 is 0 Å². The van der Waals surface area contributed by atoms with E-state index in [2.05, 4.69) is 10.2 Å². The normalized spacial score (nSPS) is 21.9. The van der Waals surface area contributed by atoms with Crippen molar-refractivity contribution in [3.05, 3.63) is 65.7 Å². The van der Waals surface area contributed by atoms with Gasteiger partial charge in [-0.15, -0.1) is 0 Å². The second kappa shape index (κ2) is 8.98. The van der Waals surface area contributed by atoms with Crippen LogP contribution in [-0.4, -0.2) is 48.0 Å². The molecule has 30 heavy (non-hydrogen) atoms. The summed E-state index contributed by atoms with van der Waals surface area (Å²) in [6, 6.07) is 15.6. The lowest BCUT2D eigenvalue weighted by atomic mass is 10.00. The van der Waals surface area contributed by atoms with Crippen LogP contribution in [0, 0.1) is 0 Å². The van der Waals surface area contributed by atoms with Gasteiger partial charge in [0.25, 0.3) is 17.5 Å². The van der Waals surface area contributed by atoms with Crippen LogP contribution in [0.15, 0.2) is 54.6 Å². The molecule has 2 heterocycles. The molecule has 1 unspecified atom stereocenters. The number of benzene rings is 2. The second-order valence-corrected chi connectivity index (χ2v) is 8.06. The number of anilines is 1. The molecule has 0 radical (unpaired) electrons. The lowest BCUT2D eigenvalue weighted by Gasteiger charge is -2.33. The van der Waals surface area contributed by atoms with Gasteiger partial charge in [-0.25, -0.2) is 0 Å². The molecule has 1 fully saturated rings. The summed E-state index contributed by atoms with van der Waals surface area (Å²) in [4.78, 5) is 29.9. The van der Waals surface area contributed by atoms with Crippen molar-refractivity contribution in [3.63, 3.8) is 0 Å². The monoisotopic (exact) mass is 407 g/mol. The Hall–Kier alpha value is -2.70. The Bertz CT molecular complexity index is 894. The predicted octanol–water partition coefficient (Wildman–Crippen LogP) is 2.87. The van der Waals surface area contributed by atoms with Gasteiger partial charge in [0.1, 0.15) is 0 Å². The third-order valence-corrected chi connectivity index (χ3v) is 6.03. The van der Waals surface area contributed by atoms with Crippen LogP contribution in [0.5, 0.6) is 0 Å². The Balaban J connectivity index is 1.49. The smallest absolute Gasteiger partial charge is 0.278 e. The lowest BCUT2D eigenvalue weighted by Crippen LogP contribution is -2.55. The molecule has 0 aliphatic carbocycles. The fraction of sp³-hybridized carbons (Fsp3) is 0.417. The molecule has 158 valence electrons. The van der Waals surface area contributed by atoms with E-state index in [1.54, 1.807) is 48.5 Å². The van der Waals surface area contributed by atoms with Crippen molar-refractivity contribution in [1.29, 1.82) is 0 Å². The molecule has 1 atom stereocenters. The van der Waals surface area contributed by atoms with Crippen LogP contribution in [0.25, 0.3) is 0 Å². The molecule has 6 heteroatoms. The van der Waals surface area contributed by atoms with Crippen LogP contribution < -0.4 is 10.2 Å². The van der Waals surface area contributed by atoms with Crippen molar-refractivity contribution >= 4 is 17.5 Å². The summed E-state index contributed by atoms with van der Waals surface area (Å²) in [6.45, 7) is 3.61. The second-order valence-electron chi connectivity index (χ2n) is 8.06. The average molecular weight is 408 g/mol. The van der Waals surface area contributed by atoms with Gasteiger partial charge in [-0.3, -0.25) is 14.5 Å². The SMILES string of the molecule is O=C1c2ccccc2C(O)(C(=O)NCCCN2CCCCCC2)N1c1ccccc1. The van der Waals surface area contributed by atoms with E-state index < -0.39 is 11.6 Å².